The summed E-state index contributed by atoms with van der Waals surface area (Å²) in [6.45, 7) is 0. The third-order valence-electron chi connectivity index (χ3n) is 3.56. The van der Waals surface area contributed by atoms with Gasteiger partial charge in [-0.2, -0.15) is 0 Å². The molecule has 1 N–H and O–H groups in total. The van der Waals surface area contributed by atoms with Gasteiger partial charge in [-0.25, -0.2) is 0 Å². The molecule has 3 aromatic rings. The molecule has 1 aromatic heterocycles. The summed E-state index contributed by atoms with van der Waals surface area (Å²) < 4.78 is 1.32. The zero-order chi connectivity index (χ0) is 14.7. The van der Waals surface area contributed by atoms with E-state index in [9.17, 15) is 0 Å². The fraction of sp³-hybridized carbons (Fsp3) is 0.111. The fourth-order valence-corrected chi connectivity index (χ4v) is 3.90. The molecule has 1 atom stereocenters. The van der Waals surface area contributed by atoms with E-state index < -0.39 is 0 Å². The molecule has 21 heavy (non-hydrogen) atoms. The molecule has 0 aliphatic heterocycles. The molecule has 1 heterocycles. The number of hydrogen-bond donors (Lipinski definition) is 1. The quantitative estimate of drug-likeness (QED) is 0.579. The van der Waals surface area contributed by atoms with Crippen molar-refractivity contribution in [3.05, 3.63) is 80.1 Å². The van der Waals surface area contributed by atoms with E-state index in [0.29, 0.717) is 0 Å². The standard InChI is InChI=1S/C18H16INS/c1-20-18(16-11-17(19)21-12-16)15-9-7-14(8-10-15)13-5-3-2-4-6-13/h2-12,18,20H,1H3. The Hall–Kier alpha value is -1.17. The van der Waals surface area contributed by atoms with E-state index in [-0.39, 0.29) is 6.04 Å². The van der Waals surface area contributed by atoms with Gasteiger partial charge in [0.2, 0.25) is 0 Å². The van der Waals surface area contributed by atoms with Gasteiger partial charge in [0.05, 0.1) is 8.93 Å². The molecule has 3 heteroatoms. The van der Waals surface area contributed by atoms with Crippen LogP contribution in [0.25, 0.3) is 11.1 Å². The van der Waals surface area contributed by atoms with E-state index in [1.807, 2.05) is 13.1 Å². The molecule has 0 fully saturated rings. The van der Waals surface area contributed by atoms with Gasteiger partial charge in [0.25, 0.3) is 0 Å². The number of halogens is 1. The van der Waals surface area contributed by atoms with E-state index >= 15 is 0 Å². The summed E-state index contributed by atoms with van der Waals surface area (Å²) in [5, 5.41) is 5.64. The molecule has 0 saturated carbocycles. The third kappa shape index (κ3) is 3.36. The van der Waals surface area contributed by atoms with E-state index in [0.717, 1.165) is 0 Å². The minimum absolute atomic E-state index is 0.259. The van der Waals surface area contributed by atoms with Gasteiger partial charge in [-0.15, -0.1) is 11.3 Å². The summed E-state index contributed by atoms with van der Waals surface area (Å²) >= 11 is 4.16. The van der Waals surface area contributed by atoms with Crippen LogP contribution in [0.5, 0.6) is 0 Å². The molecule has 0 amide bonds. The van der Waals surface area contributed by atoms with Gasteiger partial charge in [0.1, 0.15) is 0 Å². The SMILES string of the molecule is CNC(c1ccc(-c2ccccc2)cc1)c1csc(I)c1. The van der Waals surface area contributed by atoms with Crippen LogP contribution in [0.2, 0.25) is 0 Å². The predicted octanol–water partition coefficient (Wildman–Crippen LogP) is 5.33. The summed E-state index contributed by atoms with van der Waals surface area (Å²) in [7, 11) is 2.01. The van der Waals surface area contributed by atoms with Gasteiger partial charge in [-0.1, -0.05) is 54.6 Å². The first-order valence-electron chi connectivity index (χ1n) is 6.84. The highest BCUT2D eigenvalue weighted by molar-refractivity contribution is 14.1. The van der Waals surface area contributed by atoms with Crippen LogP contribution in [0.3, 0.4) is 0 Å². The summed E-state index contributed by atoms with van der Waals surface area (Å²) in [5.41, 5.74) is 5.15. The minimum atomic E-state index is 0.259. The maximum absolute atomic E-state index is 3.41. The van der Waals surface area contributed by atoms with E-state index in [1.54, 1.807) is 11.3 Å². The van der Waals surface area contributed by atoms with Crippen molar-refractivity contribution in [3.8, 4) is 11.1 Å². The molecule has 0 bridgehead atoms. The number of benzene rings is 2. The topological polar surface area (TPSA) is 12.0 Å². The number of thiophene rings is 1. The highest BCUT2D eigenvalue weighted by Gasteiger charge is 2.13. The normalized spacial score (nSPS) is 12.3. The van der Waals surface area contributed by atoms with Gasteiger partial charge < -0.3 is 5.32 Å². The maximum atomic E-state index is 3.41. The van der Waals surface area contributed by atoms with Gasteiger partial charge in [-0.3, -0.25) is 0 Å². The average molecular weight is 405 g/mol. The molecular formula is C18H16INS. The predicted molar refractivity (Wildman–Crippen MR) is 99.8 cm³/mol. The Morgan fingerprint density at radius 2 is 1.57 bits per heavy atom. The molecule has 0 radical (unpaired) electrons. The first-order chi connectivity index (χ1) is 10.3. The Bertz CT molecular complexity index is 704. The molecule has 0 aliphatic rings. The van der Waals surface area contributed by atoms with Crippen molar-refractivity contribution in [2.45, 2.75) is 6.04 Å². The van der Waals surface area contributed by atoms with Gasteiger partial charge >= 0.3 is 0 Å². The largest absolute Gasteiger partial charge is 0.309 e. The van der Waals surface area contributed by atoms with Crippen LogP contribution < -0.4 is 5.32 Å². The Labute approximate surface area is 143 Å². The lowest BCUT2D eigenvalue weighted by molar-refractivity contribution is 0.694. The van der Waals surface area contributed by atoms with Crippen LogP contribution in [-0.2, 0) is 0 Å². The zero-order valence-corrected chi connectivity index (χ0v) is 14.7. The van der Waals surface area contributed by atoms with Crippen LogP contribution in [0.4, 0.5) is 0 Å². The van der Waals surface area contributed by atoms with Crippen molar-refractivity contribution in [2.75, 3.05) is 7.05 Å². The molecule has 106 valence electrons. The lowest BCUT2D eigenvalue weighted by Gasteiger charge is -2.16. The Balaban J connectivity index is 1.89. The smallest absolute Gasteiger partial charge is 0.0656 e. The summed E-state index contributed by atoms with van der Waals surface area (Å²) in [6.07, 6.45) is 0. The monoisotopic (exact) mass is 405 g/mol. The van der Waals surface area contributed by atoms with Crippen LogP contribution in [0.1, 0.15) is 17.2 Å². The zero-order valence-electron chi connectivity index (χ0n) is 11.7. The van der Waals surface area contributed by atoms with E-state index in [4.69, 9.17) is 0 Å². The van der Waals surface area contributed by atoms with Crippen molar-refractivity contribution >= 4 is 33.9 Å². The van der Waals surface area contributed by atoms with E-state index in [2.05, 4.69) is 87.9 Å². The molecule has 1 nitrogen and oxygen atoms in total. The minimum Gasteiger partial charge on any atom is -0.309 e. The second kappa shape index (κ2) is 6.73. The Morgan fingerprint density at radius 1 is 0.905 bits per heavy atom. The molecular weight excluding hydrogens is 389 g/mol. The molecule has 2 aromatic carbocycles. The lowest BCUT2D eigenvalue weighted by atomic mass is 9.98. The maximum Gasteiger partial charge on any atom is 0.0656 e. The number of rotatable bonds is 4. The van der Waals surface area contributed by atoms with Gasteiger partial charge in [0.15, 0.2) is 0 Å². The lowest BCUT2D eigenvalue weighted by Crippen LogP contribution is -2.16. The second-order valence-electron chi connectivity index (χ2n) is 4.89. The number of hydrogen-bond acceptors (Lipinski definition) is 2. The molecule has 0 spiro atoms. The van der Waals surface area contributed by atoms with Crippen molar-refractivity contribution in [1.29, 1.82) is 0 Å². The van der Waals surface area contributed by atoms with Crippen LogP contribution in [0.15, 0.2) is 66.0 Å². The average Bonchev–Trinajstić information content (AvgIpc) is 2.96. The molecule has 3 rings (SSSR count). The summed E-state index contributed by atoms with van der Waals surface area (Å²) in [4.78, 5) is 0. The van der Waals surface area contributed by atoms with Crippen molar-refractivity contribution in [1.82, 2.24) is 5.32 Å². The van der Waals surface area contributed by atoms with Gasteiger partial charge in [0, 0.05) is 0 Å². The van der Waals surface area contributed by atoms with Crippen LogP contribution in [0, 0.1) is 2.88 Å². The first-order valence-corrected chi connectivity index (χ1v) is 8.80. The van der Waals surface area contributed by atoms with Crippen molar-refractivity contribution in [3.63, 3.8) is 0 Å². The fourth-order valence-electron chi connectivity index (χ4n) is 2.50. The summed E-state index contributed by atoms with van der Waals surface area (Å²) in [6, 6.07) is 21.8. The summed E-state index contributed by atoms with van der Waals surface area (Å²) in [5.74, 6) is 0. The third-order valence-corrected chi connectivity index (χ3v) is 5.37. The van der Waals surface area contributed by atoms with Crippen molar-refractivity contribution in [2.24, 2.45) is 0 Å². The second-order valence-corrected chi connectivity index (χ2v) is 7.70. The van der Waals surface area contributed by atoms with Crippen LogP contribution in [-0.4, -0.2) is 7.05 Å². The Morgan fingerprint density at radius 3 is 2.14 bits per heavy atom. The van der Waals surface area contributed by atoms with Crippen molar-refractivity contribution < 1.29 is 0 Å². The number of nitrogens with one attached hydrogen (secondary N) is 1. The first kappa shape index (κ1) is 14.8. The molecule has 1 unspecified atom stereocenters. The highest BCUT2D eigenvalue weighted by Crippen LogP contribution is 2.28. The molecule has 0 aliphatic carbocycles. The van der Waals surface area contributed by atoms with Gasteiger partial charge in [-0.05, 0) is 63.3 Å². The van der Waals surface area contributed by atoms with Crippen LogP contribution >= 0.6 is 33.9 Å². The Kier molecular flexibility index (Phi) is 4.73. The highest BCUT2D eigenvalue weighted by atomic mass is 127. The van der Waals surface area contributed by atoms with E-state index in [1.165, 1.54) is 25.1 Å². The molecule has 0 saturated heterocycles.